The Morgan fingerprint density at radius 1 is 1.17 bits per heavy atom. The van der Waals surface area contributed by atoms with Gasteiger partial charge in [0, 0.05) is 6.54 Å². The topological polar surface area (TPSA) is 113 Å². The summed E-state index contributed by atoms with van der Waals surface area (Å²) < 4.78 is 32.6. The number of ether oxygens (including phenoxy) is 1. The third-order valence-electron chi connectivity index (χ3n) is 5.91. The number of hydrogen-bond donors (Lipinski definition) is 2. The highest BCUT2D eigenvalue weighted by molar-refractivity contribution is 7.89. The number of hydrogen-bond acceptors (Lipinski definition) is 6. The van der Waals surface area contributed by atoms with E-state index in [1.165, 1.54) is 24.3 Å². The molecule has 188 valence electrons. The normalized spacial score (nSPS) is 18.1. The molecule has 0 unspecified atom stereocenters. The average Bonchev–Trinajstić information content (AvgIpc) is 3.18. The van der Waals surface area contributed by atoms with E-state index < -0.39 is 40.1 Å². The van der Waals surface area contributed by atoms with E-state index in [4.69, 9.17) is 4.74 Å². The number of imide groups is 1. The van der Waals surface area contributed by atoms with Crippen molar-refractivity contribution in [1.82, 2.24) is 9.62 Å². The Morgan fingerprint density at radius 3 is 2.46 bits per heavy atom. The molecule has 2 N–H and O–H groups in total. The largest absolute Gasteiger partial charge is 0.447 e. The third-order valence-corrected chi connectivity index (χ3v) is 7.35. The first-order chi connectivity index (χ1) is 16.6. The maximum Gasteiger partial charge on any atom is 0.417 e. The van der Waals surface area contributed by atoms with Crippen LogP contribution in [-0.2, 0) is 26.0 Å². The van der Waals surface area contributed by atoms with Crippen molar-refractivity contribution in [2.75, 3.05) is 13.2 Å². The third kappa shape index (κ3) is 6.78. The van der Waals surface area contributed by atoms with Gasteiger partial charge in [-0.2, -0.15) is 0 Å². The van der Waals surface area contributed by atoms with Crippen LogP contribution in [0.4, 0.5) is 4.79 Å². The lowest BCUT2D eigenvalue weighted by molar-refractivity contribution is -0.135. The SMILES string of the molecule is Cc1ccc(S(=O)(=O)NC/C=C/[C@H](C(=O)N2C(=O)OC[C@H]2Cc2ccccc2)[C@H](O)C(C)C)cc1. The quantitative estimate of drug-likeness (QED) is 0.485. The Bertz CT molecular complexity index is 1150. The van der Waals surface area contributed by atoms with E-state index in [0.717, 1.165) is 16.0 Å². The molecule has 0 saturated carbocycles. The van der Waals surface area contributed by atoms with Gasteiger partial charge in [0.2, 0.25) is 15.9 Å². The van der Waals surface area contributed by atoms with Crippen molar-refractivity contribution >= 4 is 22.0 Å². The predicted octanol–water partition coefficient (Wildman–Crippen LogP) is 3.05. The van der Waals surface area contributed by atoms with Gasteiger partial charge in [0.25, 0.3) is 0 Å². The van der Waals surface area contributed by atoms with E-state index in [-0.39, 0.29) is 24.0 Å². The molecule has 1 aliphatic rings. The molecule has 0 bridgehead atoms. The Balaban J connectivity index is 1.74. The number of rotatable bonds is 10. The van der Waals surface area contributed by atoms with Gasteiger partial charge >= 0.3 is 6.09 Å². The van der Waals surface area contributed by atoms with Gasteiger partial charge in [-0.05, 0) is 37.0 Å². The Labute approximate surface area is 206 Å². The summed E-state index contributed by atoms with van der Waals surface area (Å²) in [6, 6.07) is 15.4. The van der Waals surface area contributed by atoms with Crippen LogP contribution in [0.1, 0.15) is 25.0 Å². The highest BCUT2D eigenvalue weighted by Gasteiger charge is 2.42. The summed E-state index contributed by atoms with van der Waals surface area (Å²) in [6.07, 6.45) is 1.55. The molecule has 1 heterocycles. The molecule has 8 nitrogen and oxygen atoms in total. The molecule has 1 fully saturated rings. The monoisotopic (exact) mass is 500 g/mol. The number of cyclic esters (lactones) is 1. The number of aliphatic hydroxyl groups is 1. The minimum Gasteiger partial charge on any atom is -0.447 e. The van der Waals surface area contributed by atoms with Crippen molar-refractivity contribution in [3.05, 3.63) is 77.9 Å². The number of aryl methyl sites for hydroxylation is 1. The zero-order valence-electron chi connectivity index (χ0n) is 20.1. The van der Waals surface area contributed by atoms with Crippen LogP contribution in [0.3, 0.4) is 0 Å². The second-order valence-electron chi connectivity index (χ2n) is 8.98. The second kappa shape index (κ2) is 11.6. The van der Waals surface area contributed by atoms with E-state index >= 15 is 0 Å². The van der Waals surface area contributed by atoms with Crippen molar-refractivity contribution in [3.63, 3.8) is 0 Å². The fourth-order valence-electron chi connectivity index (χ4n) is 3.86. The molecule has 35 heavy (non-hydrogen) atoms. The Morgan fingerprint density at radius 2 is 1.83 bits per heavy atom. The lowest BCUT2D eigenvalue weighted by Gasteiger charge is -2.28. The van der Waals surface area contributed by atoms with Crippen molar-refractivity contribution < 1.29 is 27.9 Å². The van der Waals surface area contributed by atoms with Crippen molar-refractivity contribution in [1.29, 1.82) is 0 Å². The molecule has 1 aliphatic heterocycles. The van der Waals surface area contributed by atoms with Crippen molar-refractivity contribution in [2.24, 2.45) is 11.8 Å². The summed E-state index contributed by atoms with van der Waals surface area (Å²) in [6.45, 7) is 5.39. The summed E-state index contributed by atoms with van der Waals surface area (Å²) in [4.78, 5) is 27.1. The number of benzene rings is 2. The van der Waals surface area contributed by atoms with Crippen LogP contribution in [-0.4, -0.2) is 55.7 Å². The van der Waals surface area contributed by atoms with Crippen LogP contribution >= 0.6 is 0 Å². The van der Waals surface area contributed by atoms with Crippen LogP contribution < -0.4 is 4.72 Å². The van der Waals surface area contributed by atoms with Gasteiger partial charge in [-0.25, -0.2) is 22.8 Å². The van der Waals surface area contributed by atoms with E-state index in [2.05, 4.69) is 4.72 Å². The molecule has 9 heteroatoms. The fraction of sp³-hybridized carbons (Fsp3) is 0.385. The fourth-order valence-corrected chi connectivity index (χ4v) is 4.83. The summed E-state index contributed by atoms with van der Waals surface area (Å²) >= 11 is 0. The maximum absolute atomic E-state index is 13.4. The summed E-state index contributed by atoms with van der Waals surface area (Å²) in [7, 11) is -3.73. The number of amides is 2. The molecule has 0 spiro atoms. The van der Waals surface area contributed by atoms with Crippen LogP contribution in [0.15, 0.2) is 71.6 Å². The molecule has 2 amide bonds. The summed E-state index contributed by atoms with van der Waals surface area (Å²) in [5.74, 6) is -1.89. The summed E-state index contributed by atoms with van der Waals surface area (Å²) in [5.41, 5.74) is 1.90. The minimum absolute atomic E-state index is 0.0734. The van der Waals surface area contributed by atoms with Crippen molar-refractivity contribution in [3.8, 4) is 0 Å². The average molecular weight is 501 g/mol. The molecule has 0 aliphatic carbocycles. The van der Waals surface area contributed by atoms with Gasteiger partial charge in [-0.1, -0.05) is 74.0 Å². The molecular formula is C26H32N2O6S. The molecule has 2 aromatic carbocycles. The molecule has 1 saturated heterocycles. The molecule has 0 aromatic heterocycles. The van der Waals surface area contributed by atoms with Gasteiger partial charge in [0.05, 0.1) is 23.0 Å². The molecule has 2 aromatic rings. The number of carbonyl (C=O) groups is 2. The number of carbonyl (C=O) groups excluding carboxylic acids is 2. The molecule has 3 rings (SSSR count). The zero-order chi connectivity index (χ0) is 25.6. The standard InChI is InChI=1S/C26H32N2O6S/c1-18(2)24(29)23(10-7-15-27-35(32,33)22-13-11-19(3)12-14-22)25(30)28-21(17-34-26(28)31)16-20-8-5-4-6-9-20/h4-14,18,21,23-24,27,29H,15-17H2,1-3H3/b10-7+/t21-,23+,24-/m1/s1. The number of nitrogens with one attached hydrogen (secondary N) is 1. The van der Waals surface area contributed by atoms with E-state index in [1.54, 1.807) is 26.0 Å². The smallest absolute Gasteiger partial charge is 0.417 e. The number of sulfonamides is 1. The van der Waals surface area contributed by atoms with E-state index in [0.29, 0.717) is 6.42 Å². The van der Waals surface area contributed by atoms with E-state index in [1.807, 2.05) is 37.3 Å². The highest BCUT2D eigenvalue weighted by atomic mass is 32.2. The second-order valence-corrected chi connectivity index (χ2v) is 10.7. The maximum atomic E-state index is 13.4. The summed E-state index contributed by atoms with van der Waals surface area (Å²) in [5, 5.41) is 10.8. The number of nitrogens with zero attached hydrogens (tertiary/aromatic N) is 1. The van der Waals surface area contributed by atoms with Crippen LogP contribution in [0.25, 0.3) is 0 Å². The molecular weight excluding hydrogens is 468 g/mol. The first kappa shape index (κ1) is 26.6. The predicted molar refractivity (Wildman–Crippen MR) is 132 cm³/mol. The molecule has 0 radical (unpaired) electrons. The first-order valence-electron chi connectivity index (χ1n) is 11.5. The van der Waals surface area contributed by atoms with Gasteiger partial charge in [0.1, 0.15) is 6.61 Å². The van der Waals surface area contributed by atoms with E-state index in [9.17, 15) is 23.1 Å². The van der Waals surface area contributed by atoms with Gasteiger partial charge < -0.3 is 9.84 Å². The van der Waals surface area contributed by atoms with Crippen LogP contribution in [0, 0.1) is 18.8 Å². The first-order valence-corrected chi connectivity index (χ1v) is 13.0. The van der Waals surface area contributed by atoms with Gasteiger partial charge in [-0.3, -0.25) is 4.79 Å². The lowest BCUT2D eigenvalue weighted by atomic mass is 9.91. The number of aliphatic hydroxyl groups excluding tert-OH is 1. The lowest BCUT2D eigenvalue weighted by Crippen LogP contribution is -2.47. The van der Waals surface area contributed by atoms with Gasteiger partial charge in [-0.15, -0.1) is 0 Å². The van der Waals surface area contributed by atoms with Gasteiger partial charge in [0.15, 0.2) is 0 Å². The Hall–Kier alpha value is -3.01. The van der Waals surface area contributed by atoms with Crippen LogP contribution in [0.2, 0.25) is 0 Å². The highest BCUT2D eigenvalue weighted by Crippen LogP contribution is 2.24. The molecule has 3 atom stereocenters. The van der Waals surface area contributed by atoms with Crippen molar-refractivity contribution in [2.45, 2.75) is 44.2 Å². The Kier molecular flexibility index (Phi) is 8.82. The zero-order valence-corrected chi connectivity index (χ0v) is 20.9. The minimum atomic E-state index is -3.73. The van der Waals surface area contributed by atoms with Crippen LogP contribution in [0.5, 0.6) is 0 Å².